The van der Waals surface area contributed by atoms with Crippen molar-refractivity contribution in [1.29, 1.82) is 0 Å². The van der Waals surface area contributed by atoms with E-state index in [9.17, 15) is 0 Å². The summed E-state index contributed by atoms with van der Waals surface area (Å²) in [7, 11) is 1.12. The molecule has 0 fully saturated rings. The standard InChI is InChI=1S/CH2PS.Sn/c1-2-3;/h1H2;. The molecule has 0 saturated heterocycles. The van der Waals surface area contributed by atoms with Crippen LogP contribution >= 0.6 is 7.36 Å². The van der Waals surface area contributed by atoms with E-state index in [2.05, 4.69) is 11.8 Å². The van der Waals surface area contributed by atoms with Crippen LogP contribution in [0.4, 0.5) is 0 Å². The van der Waals surface area contributed by atoms with Gasteiger partial charge in [0.1, 0.15) is 0 Å². The maximum absolute atomic E-state index is 4.55. The van der Waals surface area contributed by atoms with Crippen molar-refractivity contribution in [3.05, 3.63) is 0 Å². The summed E-state index contributed by atoms with van der Waals surface area (Å²) in [5.74, 6) is 0. The molecule has 21 valence electrons. The van der Waals surface area contributed by atoms with E-state index >= 15 is 0 Å². The Morgan fingerprint density at radius 2 is 2.25 bits per heavy atom. The average Bonchev–Trinajstić information content (AvgIpc) is 1.37. The molecular weight excluding hydrogens is 194 g/mol. The molecule has 0 aliphatic rings. The Kier molecular flexibility index (Phi) is 5.74. The molecule has 0 spiro atoms. The Morgan fingerprint density at radius 3 is 2.25 bits per heavy atom. The van der Waals surface area contributed by atoms with Gasteiger partial charge in [0.15, 0.2) is 0 Å². The zero-order valence-corrected chi connectivity index (χ0v) is 6.63. The third kappa shape index (κ3) is 3.32. The molecule has 3 heteroatoms. The molecule has 0 aliphatic carbocycles. The molecule has 0 nitrogen and oxygen atoms in total. The van der Waals surface area contributed by atoms with Crippen LogP contribution in [0, 0.1) is 0 Å². The first-order valence-corrected chi connectivity index (χ1v) is 4.96. The molecule has 0 atom stereocenters. The summed E-state index contributed by atoms with van der Waals surface area (Å²) >= 11 is 6.10. The van der Waals surface area contributed by atoms with Crippen LogP contribution in [-0.4, -0.2) is 26.7 Å². The van der Waals surface area contributed by atoms with Crippen molar-refractivity contribution < 1.29 is 0 Å². The van der Waals surface area contributed by atoms with Crippen LogP contribution in [0.15, 0.2) is 0 Å². The van der Waals surface area contributed by atoms with E-state index < -0.39 is 0 Å². The molecular formula is CH2PSSn. The van der Waals surface area contributed by atoms with Crippen molar-refractivity contribution in [2.75, 3.05) is 4.18 Å². The molecule has 4 heavy (non-hydrogen) atoms. The van der Waals surface area contributed by atoms with Gasteiger partial charge in [-0.15, -0.1) is 0 Å². The van der Waals surface area contributed by atoms with Crippen LogP contribution in [0.3, 0.4) is 0 Å². The fourth-order valence-electron chi connectivity index (χ4n) is 0. The predicted octanol–water partition coefficient (Wildman–Crippen LogP) is 0.520. The normalized spacial score (nSPS) is 8.25. The van der Waals surface area contributed by atoms with Gasteiger partial charge in [0, 0.05) is 0 Å². The average molecular weight is 196 g/mol. The number of hydrogen-bond acceptors (Lipinski definition) is 1. The number of hydrogen-bond donors (Lipinski definition) is 0. The van der Waals surface area contributed by atoms with Gasteiger partial charge >= 0.3 is 45.9 Å². The van der Waals surface area contributed by atoms with E-state index in [4.69, 9.17) is 0 Å². The molecule has 0 aliphatic heterocycles. The first-order valence-electron chi connectivity index (χ1n) is 0.852. The second-order valence-corrected chi connectivity index (χ2v) is 4.34. The van der Waals surface area contributed by atoms with E-state index in [-0.39, 0.29) is 0 Å². The minimum absolute atomic E-state index is 1.12. The zero-order valence-electron chi connectivity index (χ0n) is 2.06. The monoisotopic (exact) mass is 197 g/mol. The third-order valence-electron chi connectivity index (χ3n) is 0.0645. The van der Waals surface area contributed by atoms with E-state index in [1.165, 1.54) is 4.18 Å². The van der Waals surface area contributed by atoms with Crippen molar-refractivity contribution >= 4 is 41.7 Å². The van der Waals surface area contributed by atoms with Crippen molar-refractivity contribution in [3.63, 3.8) is 0 Å². The van der Waals surface area contributed by atoms with Gasteiger partial charge in [-0.1, -0.05) is 0 Å². The Morgan fingerprint density at radius 1 is 2.00 bits per heavy atom. The molecule has 0 bridgehead atoms. The fraction of sp³-hybridized carbons (Fsp3) is 1.00. The van der Waals surface area contributed by atoms with E-state index in [1.807, 2.05) is 0 Å². The molecule has 0 N–H and O–H groups in total. The summed E-state index contributed by atoms with van der Waals surface area (Å²) in [5, 5.41) is 0. The van der Waals surface area contributed by atoms with Gasteiger partial charge < -0.3 is 0 Å². The van der Waals surface area contributed by atoms with Gasteiger partial charge in [0.05, 0.1) is 0 Å². The van der Waals surface area contributed by atoms with Crippen molar-refractivity contribution in [2.24, 2.45) is 0 Å². The molecule has 0 saturated carbocycles. The minimum atomic E-state index is 1.12. The second kappa shape index (κ2) is 4.32. The molecule has 0 unspecified atom stereocenters. The van der Waals surface area contributed by atoms with E-state index in [0.717, 1.165) is 7.36 Å². The Labute approximate surface area is 45.9 Å². The van der Waals surface area contributed by atoms with Gasteiger partial charge in [-0.3, -0.25) is 0 Å². The summed E-state index contributed by atoms with van der Waals surface area (Å²) in [6, 6.07) is 0. The Bertz CT molecular complexity index is 22.0. The zero-order chi connectivity index (χ0) is 3.41. The summed E-state index contributed by atoms with van der Waals surface area (Å²) in [5.41, 5.74) is 0. The molecule has 0 amide bonds. The Balaban J connectivity index is 2.30. The van der Waals surface area contributed by atoms with Gasteiger partial charge in [-0.05, 0) is 0 Å². The van der Waals surface area contributed by atoms with Gasteiger partial charge in [0.2, 0.25) is 0 Å². The van der Waals surface area contributed by atoms with Crippen molar-refractivity contribution in [1.82, 2.24) is 0 Å². The van der Waals surface area contributed by atoms with Crippen LogP contribution in [0.5, 0.6) is 0 Å². The molecule has 0 rings (SSSR count). The summed E-state index contributed by atoms with van der Waals surface area (Å²) < 4.78 is 1.20. The quantitative estimate of drug-likeness (QED) is 0.435. The number of rotatable bonds is 1. The first kappa shape index (κ1) is 5.32. The van der Waals surface area contributed by atoms with Gasteiger partial charge in [0.25, 0.3) is 0 Å². The van der Waals surface area contributed by atoms with E-state index in [1.54, 1.807) is 22.5 Å². The molecule has 0 aromatic rings. The second-order valence-electron chi connectivity index (χ2n) is 0.287. The topological polar surface area (TPSA) is 0 Å². The van der Waals surface area contributed by atoms with Crippen LogP contribution in [-0.2, 0) is 11.8 Å². The third-order valence-corrected chi connectivity index (χ3v) is 3.90. The Hall–Kier alpha value is 1.32. The van der Waals surface area contributed by atoms with Crippen LogP contribution in [0.1, 0.15) is 0 Å². The molecule has 0 aromatic carbocycles. The van der Waals surface area contributed by atoms with E-state index in [0.29, 0.717) is 0 Å². The first-order chi connectivity index (χ1) is 1.91. The summed E-state index contributed by atoms with van der Waals surface area (Å²) in [6.45, 7) is 0. The molecule has 0 aromatic heterocycles. The molecule has 3 radical (unpaired) electrons. The van der Waals surface area contributed by atoms with Crippen LogP contribution < -0.4 is 0 Å². The molecule has 0 heterocycles. The predicted molar refractivity (Wildman–Crippen MR) is 24.9 cm³/mol. The summed E-state index contributed by atoms with van der Waals surface area (Å²) in [4.78, 5) is 0. The van der Waals surface area contributed by atoms with Gasteiger partial charge in [-0.25, -0.2) is 0 Å². The van der Waals surface area contributed by atoms with Crippen LogP contribution in [0.25, 0.3) is 0 Å². The van der Waals surface area contributed by atoms with Gasteiger partial charge in [-0.2, -0.15) is 0 Å². The SMILES string of the molecule is S=P[CH2][Sn]. The van der Waals surface area contributed by atoms with Crippen molar-refractivity contribution in [2.45, 2.75) is 0 Å². The maximum atomic E-state index is 4.55. The van der Waals surface area contributed by atoms with Crippen LogP contribution in [0.2, 0.25) is 0 Å². The van der Waals surface area contributed by atoms with Crippen molar-refractivity contribution in [3.8, 4) is 0 Å². The summed E-state index contributed by atoms with van der Waals surface area (Å²) in [6.07, 6.45) is 0. The fourth-order valence-corrected chi connectivity index (χ4v) is 0.